The van der Waals surface area contributed by atoms with Gasteiger partial charge in [0, 0.05) is 19.8 Å². The molecule has 0 radical (unpaired) electrons. The minimum atomic E-state index is -0.660. The molecule has 0 spiro atoms. The molecular formula is C12H18BrFO2. The largest absolute Gasteiger partial charge is 0.352 e. The van der Waals surface area contributed by atoms with Crippen LogP contribution in [0.25, 0.3) is 0 Å². The fourth-order valence-corrected chi connectivity index (χ4v) is 1.63. The van der Waals surface area contributed by atoms with Gasteiger partial charge < -0.3 is 9.47 Å². The van der Waals surface area contributed by atoms with Crippen molar-refractivity contribution in [1.82, 2.24) is 0 Å². The highest BCUT2D eigenvalue weighted by atomic mass is 79.9. The van der Waals surface area contributed by atoms with Crippen LogP contribution in [0.3, 0.4) is 0 Å². The summed E-state index contributed by atoms with van der Waals surface area (Å²) in [6.07, 6.45) is -0.660. The molecule has 1 aromatic carbocycles. The Morgan fingerprint density at radius 3 is 2.12 bits per heavy atom. The third kappa shape index (κ3) is 3.54. The van der Waals surface area contributed by atoms with Crippen LogP contribution in [0.1, 0.15) is 31.3 Å². The van der Waals surface area contributed by atoms with Crippen molar-refractivity contribution in [3.8, 4) is 0 Å². The first-order valence-electron chi connectivity index (χ1n) is 5.12. The fourth-order valence-electron chi connectivity index (χ4n) is 1.28. The zero-order chi connectivity index (χ0) is 12.7. The van der Waals surface area contributed by atoms with Gasteiger partial charge in [-0.25, -0.2) is 4.39 Å². The Kier molecular flexibility index (Phi) is 7.55. The molecule has 0 atom stereocenters. The normalized spacial score (nSPS) is 10.0. The molecule has 1 aromatic rings. The molecule has 0 fully saturated rings. The molecule has 0 heterocycles. The standard InChI is InChI=1S/C10H12BrFO2.C2H6/c1-6-4-5-7(11)9(12)8(6)10(13-2)14-3;1-2/h4-5,10H,1-3H3;1-2H3. The topological polar surface area (TPSA) is 18.5 Å². The van der Waals surface area contributed by atoms with Crippen LogP contribution in [-0.4, -0.2) is 14.2 Å². The number of benzene rings is 1. The van der Waals surface area contributed by atoms with Crippen molar-refractivity contribution in [2.75, 3.05) is 14.2 Å². The SMILES string of the molecule is CC.COC(OC)c1c(C)ccc(Br)c1F. The highest BCUT2D eigenvalue weighted by Gasteiger charge is 2.18. The molecule has 0 saturated carbocycles. The Hall–Kier alpha value is -0.450. The van der Waals surface area contributed by atoms with Crippen LogP contribution in [0.4, 0.5) is 4.39 Å². The number of hydrogen-bond acceptors (Lipinski definition) is 2. The molecule has 0 aliphatic carbocycles. The predicted molar refractivity (Wildman–Crippen MR) is 66.9 cm³/mol. The molecule has 0 bridgehead atoms. The summed E-state index contributed by atoms with van der Waals surface area (Å²) in [5.74, 6) is -0.335. The third-order valence-electron chi connectivity index (χ3n) is 2.01. The Balaban J connectivity index is 0.00000106. The summed E-state index contributed by atoms with van der Waals surface area (Å²) in [4.78, 5) is 0. The Morgan fingerprint density at radius 2 is 1.69 bits per heavy atom. The summed E-state index contributed by atoms with van der Waals surface area (Å²) in [5.41, 5.74) is 1.24. The summed E-state index contributed by atoms with van der Waals surface area (Å²) in [5, 5.41) is 0. The number of halogens is 2. The smallest absolute Gasteiger partial charge is 0.186 e. The Labute approximate surface area is 105 Å². The summed E-state index contributed by atoms with van der Waals surface area (Å²) in [7, 11) is 2.96. The molecular weight excluding hydrogens is 275 g/mol. The monoisotopic (exact) mass is 292 g/mol. The number of rotatable bonds is 3. The van der Waals surface area contributed by atoms with Crippen molar-refractivity contribution in [1.29, 1.82) is 0 Å². The summed E-state index contributed by atoms with van der Waals surface area (Å²) in [6.45, 7) is 5.82. The van der Waals surface area contributed by atoms with E-state index >= 15 is 0 Å². The van der Waals surface area contributed by atoms with E-state index in [4.69, 9.17) is 9.47 Å². The zero-order valence-electron chi connectivity index (χ0n) is 10.3. The van der Waals surface area contributed by atoms with Gasteiger partial charge in [0.25, 0.3) is 0 Å². The van der Waals surface area contributed by atoms with Crippen molar-refractivity contribution >= 4 is 15.9 Å². The second kappa shape index (κ2) is 7.76. The molecule has 0 aromatic heterocycles. The highest BCUT2D eigenvalue weighted by Crippen LogP contribution is 2.29. The van der Waals surface area contributed by atoms with Gasteiger partial charge in [-0.3, -0.25) is 0 Å². The first-order chi connectivity index (χ1) is 7.61. The lowest BCUT2D eigenvalue weighted by molar-refractivity contribution is -0.108. The van der Waals surface area contributed by atoms with Crippen molar-refractivity contribution in [2.45, 2.75) is 27.1 Å². The minimum Gasteiger partial charge on any atom is -0.352 e. The van der Waals surface area contributed by atoms with Crippen molar-refractivity contribution in [3.63, 3.8) is 0 Å². The first-order valence-corrected chi connectivity index (χ1v) is 5.91. The molecule has 0 aliphatic heterocycles. The van der Waals surface area contributed by atoms with Crippen molar-refractivity contribution in [3.05, 3.63) is 33.5 Å². The Bertz CT molecular complexity index is 325. The molecule has 2 nitrogen and oxygen atoms in total. The molecule has 0 saturated heterocycles. The van der Waals surface area contributed by atoms with Crippen LogP contribution in [0.5, 0.6) is 0 Å². The van der Waals surface area contributed by atoms with Gasteiger partial charge in [-0.15, -0.1) is 0 Å². The maximum Gasteiger partial charge on any atom is 0.186 e. The second-order valence-electron chi connectivity index (χ2n) is 2.90. The van der Waals surface area contributed by atoms with E-state index in [2.05, 4.69) is 15.9 Å². The quantitative estimate of drug-likeness (QED) is 0.777. The van der Waals surface area contributed by atoms with Gasteiger partial charge in [-0.05, 0) is 34.5 Å². The number of methoxy groups -OCH3 is 2. The average Bonchev–Trinajstić information content (AvgIpc) is 2.32. The predicted octanol–water partition coefficient (Wildman–Crippen LogP) is 4.21. The molecule has 16 heavy (non-hydrogen) atoms. The maximum absolute atomic E-state index is 13.7. The molecule has 4 heteroatoms. The van der Waals surface area contributed by atoms with E-state index in [0.717, 1.165) is 5.56 Å². The van der Waals surface area contributed by atoms with Gasteiger partial charge in [-0.2, -0.15) is 0 Å². The highest BCUT2D eigenvalue weighted by molar-refractivity contribution is 9.10. The lowest BCUT2D eigenvalue weighted by Crippen LogP contribution is -2.08. The van der Waals surface area contributed by atoms with E-state index in [9.17, 15) is 4.39 Å². The van der Waals surface area contributed by atoms with Gasteiger partial charge >= 0.3 is 0 Å². The van der Waals surface area contributed by atoms with Gasteiger partial charge in [0.1, 0.15) is 5.82 Å². The van der Waals surface area contributed by atoms with Gasteiger partial charge in [0.2, 0.25) is 0 Å². The van der Waals surface area contributed by atoms with E-state index in [1.807, 2.05) is 26.8 Å². The average molecular weight is 293 g/mol. The van der Waals surface area contributed by atoms with E-state index in [1.54, 1.807) is 6.07 Å². The number of aryl methyl sites for hydroxylation is 1. The minimum absolute atomic E-state index is 0.335. The van der Waals surface area contributed by atoms with E-state index in [-0.39, 0.29) is 5.82 Å². The van der Waals surface area contributed by atoms with E-state index in [1.165, 1.54) is 14.2 Å². The molecule has 1 rings (SSSR count). The second-order valence-corrected chi connectivity index (χ2v) is 3.75. The lowest BCUT2D eigenvalue weighted by atomic mass is 10.1. The van der Waals surface area contributed by atoms with Crippen molar-refractivity contribution < 1.29 is 13.9 Å². The van der Waals surface area contributed by atoms with Gasteiger partial charge in [0.15, 0.2) is 6.29 Å². The van der Waals surface area contributed by atoms with Crippen LogP contribution in [0, 0.1) is 12.7 Å². The molecule has 92 valence electrons. The van der Waals surface area contributed by atoms with Crippen LogP contribution in [0.15, 0.2) is 16.6 Å². The lowest BCUT2D eigenvalue weighted by Gasteiger charge is -2.17. The first kappa shape index (κ1) is 15.6. The Morgan fingerprint density at radius 1 is 1.19 bits per heavy atom. The van der Waals surface area contributed by atoms with E-state index < -0.39 is 6.29 Å². The van der Waals surface area contributed by atoms with E-state index in [0.29, 0.717) is 10.0 Å². The number of ether oxygens (including phenoxy) is 2. The third-order valence-corrected chi connectivity index (χ3v) is 2.63. The van der Waals surface area contributed by atoms with Gasteiger partial charge in [-0.1, -0.05) is 19.9 Å². The molecule has 0 unspecified atom stereocenters. The molecule has 0 aliphatic rings. The molecule has 0 N–H and O–H groups in total. The summed E-state index contributed by atoms with van der Waals surface area (Å²) < 4.78 is 24.1. The number of hydrogen-bond donors (Lipinski definition) is 0. The molecule has 0 amide bonds. The zero-order valence-corrected chi connectivity index (χ0v) is 11.9. The van der Waals surface area contributed by atoms with Crippen LogP contribution >= 0.6 is 15.9 Å². The van der Waals surface area contributed by atoms with Gasteiger partial charge in [0.05, 0.1) is 4.47 Å². The maximum atomic E-state index is 13.7. The summed E-state index contributed by atoms with van der Waals surface area (Å²) in [6, 6.07) is 3.48. The van der Waals surface area contributed by atoms with Crippen LogP contribution in [0.2, 0.25) is 0 Å². The van der Waals surface area contributed by atoms with Crippen LogP contribution < -0.4 is 0 Å². The van der Waals surface area contributed by atoms with Crippen LogP contribution in [-0.2, 0) is 9.47 Å². The summed E-state index contributed by atoms with van der Waals surface area (Å²) >= 11 is 3.12. The van der Waals surface area contributed by atoms with Crippen molar-refractivity contribution in [2.24, 2.45) is 0 Å². The fraction of sp³-hybridized carbons (Fsp3) is 0.500.